The minimum atomic E-state index is 0.104. The molecular weight excluding hydrogens is 294 g/mol. The first-order chi connectivity index (χ1) is 8.74. The third-order valence-corrected chi connectivity index (χ3v) is 3.93. The molecule has 0 aliphatic carbocycles. The Balaban J connectivity index is 2.05. The summed E-state index contributed by atoms with van der Waals surface area (Å²) in [4.78, 5) is 14.2. The SMILES string of the molecule is CCc1ccc(C(=O)N2CCOC(CBr)C2)cc1. The van der Waals surface area contributed by atoms with Crippen LogP contribution in [0.15, 0.2) is 24.3 Å². The van der Waals surface area contributed by atoms with E-state index in [-0.39, 0.29) is 12.0 Å². The van der Waals surface area contributed by atoms with E-state index in [1.807, 2.05) is 29.2 Å². The Morgan fingerprint density at radius 3 is 2.78 bits per heavy atom. The average Bonchev–Trinajstić information content (AvgIpc) is 2.46. The summed E-state index contributed by atoms with van der Waals surface area (Å²) in [5, 5.41) is 0.769. The second kappa shape index (κ2) is 6.34. The highest BCUT2D eigenvalue weighted by molar-refractivity contribution is 9.09. The normalized spacial score (nSPS) is 19.9. The maximum absolute atomic E-state index is 12.3. The Bertz CT molecular complexity index is 405. The van der Waals surface area contributed by atoms with Crippen LogP contribution in [0.3, 0.4) is 0 Å². The Kier molecular flexibility index (Phi) is 4.78. The predicted octanol–water partition coefficient (Wildman–Crippen LogP) is 2.48. The number of halogens is 1. The molecule has 1 fully saturated rings. The molecule has 1 aromatic rings. The highest BCUT2D eigenvalue weighted by atomic mass is 79.9. The molecule has 3 nitrogen and oxygen atoms in total. The lowest BCUT2D eigenvalue weighted by Crippen LogP contribution is -2.46. The molecule has 1 saturated heterocycles. The highest BCUT2D eigenvalue weighted by Crippen LogP contribution is 2.13. The van der Waals surface area contributed by atoms with Gasteiger partial charge < -0.3 is 9.64 Å². The van der Waals surface area contributed by atoms with Crippen LogP contribution in [-0.2, 0) is 11.2 Å². The van der Waals surface area contributed by atoms with E-state index in [0.29, 0.717) is 19.7 Å². The minimum Gasteiger partial charge on any atom is -0.374 e. The topological polar surface area (TPSA) is 29.5 Å². The number of aryl methyl sites for hydroxylation is 1. The van der Waals surface area contributed by atoms with Crippen LogP contribution in [0.5, 0.6) is 0 Å². The lowest BCUT2D eigenvalue weighted by Gasteiger charge is -2.32. The van der Waals surface area contributed by atoms with E-state index in [1.165, 1.54) is 5.56 Å². The number of amides is 1. The molecule has 0 saturated carbocycles. The van der Waals surface area contributed by atoms with Gasteiger partial charge in [-0.2, -0.15) is 0 Å². The number of hydrogen-bond acceptors (Lipinski definition) is 2. The zero-order chi connectivity index (χ0) is 13.0. The van der Waals surface area contributed by atoms with Crippen LogP contribution in [0.2, 0.25) is 0 Å². The second-order valence-electron chi connectivity index (χ2n) is 4.45. The number of morpholine rings is 1. The molecule has 4 heteroatoms. The van der Waals surface area contributed by atoms with E-state index in [9.17, 15) is 4.79 Å². The quantitative estimate of drug-likeness (QED) is 0.803. The van der Waals surface area contributed by atoms with Crippen molar-refractivity contribution >= 4 is 21.8 Å². The Morgan fingerprint density at radius 1 is 1.44 bits per heavy atom. The fraction of sp³-hybridized carbons (Fsp3) is 0.500. The number of benzene rings is 1. The van der Waals surface area contributed by atoms with Crippen molar-refractivity contribution in [3.05, 3.63) is 35.4 Å². The van der Waals surface area contributed by atoms with Gasteiger partial charge in [0.2, 0.25) is 0 Å². The maximum Gasteiger partial charge on any atom is 0.254 e. The third-order valence-electron chi connectivity index (χ3n) is 3.21. The smallest absolute Gasteiger partial charge is 0.254 e. The monoisotopic (exact) mass is 311 g/mol. The van der Waals surface area contributed by atoms with Crippen molar-refractivity contribution in [3.8, 4) is 0 Å². The molecule has 1 heterocycles. The number of rotatable bonds is 3. The molecule has 1 atom stereocenters. The fourth-order valence-electron chi connectivity index (χ4n) is 2.06. The van der Waals surface area contributed by atoms with Gasteiger partial charge in [0.25, 0.3) is 5.91 Å². The van der Waals surface area contributed by atoms with Crippen molar-refractivity contribution in [1.82, 2.24) is 4.90 Å². The van der Waals surface area contributed by atoms with Crippen molar-refractivity contribution in [2.75, 3.05) is 25.0 Å². The van der Waals surface area contributed by atoms with Gasteiger partial charge in [-0.05, 0) is 24.1 Å². The van der Waals surface area contributed by atoms with Crippen LogP contribution in [0.4, 0.5) is 0 Å². The summed E-state index contributed by atoms with van der Waals surface area (Å²) in [6, 6.07) is 7.88. The Hall–Kier alpha value is -0.870. The van der Waals surface area contributed by atoms with E-state index < -0.39 is 0 Å². The van der Waals surface area contributed by atoms with E-state index in [1.54, 1.807) is 0 Å². The molecule has 1 amide bonds. The summed E-state index contributed by atoms with van der Waals surface area (Å²) in [5.41, 5.74) is 2.02. The van der Waals surface area contributed by atoms with Crippen LogP contribution in [0.1, 0.15) is 22.8 Å². The Morgan fingerprint density at radius 2 is 2.17 bits per heavy atom. The summed E-state index contributed by atoms with van der Waals surface area (Å²) in [6.45, 7) is 4.08. The molecule has 18 heavy (non-hydrogen) atoms. The highest BCUT2D eigenvalue weighted by Gasteiger charge is 2.24. The second-order valence-corrected chi connectivity index (χ2v) is 5.10. The number of carbonyl (C=O) groups is 1. The lowest BCUT2D eigenvalue weighted by atomic mass is 10.1. The molecule has 0 aromatic heterocycles. The van der Waals surface area contributed by atoms with Gasteiger partial charge in [-0.15, -0.1) is 0 Å². The van der Waals surface area contributed by atoms with Crippen molar-refractivity contribution in [3.63, 3.8) is 0 Å². The molecular formula is C14H18BrNO2. The molecule has 2 rings (SSSR count). The zero-order valence-electron chi connectivity index (χ0n) is 10.6. The van der Waals surface area contributed by atoms with Crippen molar-refractivity contribution < 1.29 is 9.53 Å². The van der Waals surface area contributed by atoms with Gasteiger partial charge in [-0.25, -0.2) is 0 Å². The van der Waals surface area contributed by atoms with E-state index in [0.717, 1.165) is 17.3 Å². The van der Waals surface area contributed by atoms with Crippen molar-refractivity contribution in [1.29, 1.82) is 0 Å². The molecule has 0 radical (unpaired) electrons. The van der Waals surface area contributed by atoms with E-state index in [4.69, 9.17) is 4.74 Å². The van der Waals surface area contributed by atoms with Crippen LogP contribution in [0, 0.1) is 0 Å². The molecule has 1 unspecified atom stereocenters. The minimum absolute atomic E-state index is 0.104. The van der Waals surface area contributed by atoms with E-state index >= 15 is 0 Å². The summed E-state index contributed by atoms with van der Waals surface area (Å²) >= 11 is 3.40. The first-order valence-electron chi connectivity index (χ1n) is 6.30. The molecule has 0 bridgehead atoms. The van der Waals surface area contributed by atoms with Gasteiger partial charge in [-0.1, -0.05) is 35.0 Å². The van der Waals surface area contributed by atoms with Crippen molar-refractivity contribution in [2.24, 2.45) is 0 Å². The van der Waals surface area contributed by atoms with Gasteiger partial charge >= 0.3 is 0 Å². The van der Waals surface area contributed by atoms with Crippen molar-refractivity contribution in [2.45, 2.75) is 19.4 Å². The standard InChI is InChI=1S/C14H18BrNO2/c1-2-11-3-5-12(6-4-11)14(17)16-7-8-18-13(9-15)10-16/h3-6,13H,2,7-10H2,1H3. The third kappa shape index (κ3) is 3.12. The first-order valence-corrected chi connectivity index (χ1v) is 7.42. The average molecular weight is 312 g/mol. The molecule has 0 N–H and O–H groups in total. The summed E-state index contributed by atoms with van der Waals surface area (Å²) in [5.74, 6) is 0.104. The number of nitrogens with zero attached hydrogens (tertiary/aromatic N) is 1. The summed E-state index contributed by atoms with van der Waals surface area (Å²) < 4.78 is 5.54. The summed E-state index contributed by atoms with van der Waals surface area (Å²) in [6.07, 6.45) is 1.11. The van der Waals surface area contributed by atoms with Gasteiger partial charge in [0, 0.05) is 24.0 Å². The van der Waals surface area contributed by atoms with Crippen LogP contribution in [-0.4, -0.2) is 41.9 Å². The maximum atomic E-state index is 12.3. The molecule has 0 spiro atoms. The molecule has 1 aromatic carbocycles. The zero-order valence-corrected chi connectivity index (χ0v) is 12.1. The first kappa shape index (κ1) is 13.6. The van der Waals surface area contributed by atoms with Gasteiger partial charge in [0.15, 0.2) is 0 Å². The van der Waals surface area contributed by atoms with Crippen LogP contribution in [0.25, 0.3) is 0 Å². The van der Waals surface area contributed by atoms with Crippen LogP contribution < -0.4 is 0 Å². The van der Waals surface area contributed by atoms with Gasteiger partial charge in [0.1, 0.15) is 0 Å². The number of carbonyl (C=O) groups excluding carboxylic acids is 1. The largest absolute Gasteiger partial charge is 0.374 e. The number of hydrogen-bond donors (Lipinski definition) is 0. The van der Waals surface area contributed by atoms with Gasteiger partial charge in [0.05, 0.1) is 12.7 Å². The molecule has 1 aliphatic rings. The number of alkyl halides is 1. The molecule has 1 aliphatic heterocycles. The molecule has 98 valence electrons. The van der Waals surface area contributed by atoms with E-state index in [2.05, 4.69) is 22.9 Å². The predicted molar refractivity (Wildman–Crippen MR) is 75.3 cm³/mol. The summed E-state index contributed by atoms with van der Waals surface area (Å²) in [7, 11) is 0. The Labute approximate surface area is 116 Å². The lowest BCUT2D eigenvalue weighted by molar-refractivity contribution is -0.00965. The van der Waals surface area contributed by atoms with Crippen LogP contribution >= 0.6 is 15.9 Å². The number of ether oxygens (including phenoxy) is 1. The fourth-order valence-corrected chi connectivity index (χ4v) is 2.45. The van der Waals surface area contributed by atoms with Gasteiger partial charge in [-0.3, -0.25) is 4.79 Å².